The van der Waals surface area contributed by atoms with Gasteiger partial charge in [0.25, 0.3) is 0 Å². The zero-order valence-corrected chi connectivity index (χ0v) is 10.3. The Morgan fingerprint density at radius 2 is 2.12 bits per heavy atom. The first kappa shape index (κ1) is 11.3. The zero-order valence-electron chi connectivity index (χ0n) is 10.3. The SMILES string of the molecule is CC(=O)c1cc(C(C)C)cc2c1CNCC2. The van der Waals surface area contributed by atoms with Crippen LogP contribution in [0, 0.1) is 0 Å². The number of hydrogen-bond donors (Lipinski definition) is 1. The molecule has 2 rings (SSSR count). The number of carbonyl (C=O) groups excluding carboxylic acids is 1. The summed E-state index contributed by atoms with van der Waals surface area (Å²) in [6.07, 6.45) is 1.04. The van der Waals surface area contributed by atoms with Gasteiger partial charge in [0.15, 0.2) is 5.78 Å². The monoisotopic (exact) mass is 217 g/mol. The van der Waals surface area contributed by atoms with Crippen molar-refractivity contribution >= 4 is 5.78 Å². The normalized spacial score (nSPS) is 15.0. The molecule has 1 heterocycles. The minimum absolute atomic E-state index is 0.183. The van der Waals surface area contributed by atoms with E-state index in [0.29, 0.717) is 5.92 Å². The van der Waals surface area contributed by atoms with Crippen molar-refractivity contribution in [3.63, 3.8) is 0 Å². The third-order valence-corrected chi connectivity index (χ3v) is 3.28. The molecule has 0 radical (unpaired) electrons. The van der Waals surface area contributed by atoms with Crippen LogP contribution in [0.25, 0.3) is 0 Å². The van der Waals surface area contributed by atoms with Gasteiger partial charge in [-0.05, 0) is 48.6 Å². The third-order valence-electron chi connectivity index (χ3n) is 3.28. The molecule has 0 saturated carbocycles. The molecule has 2 heteroatoms. The largest absolute Gasteiger partial charge is 0.312 e. The van der Waals surface area contributed by atoms with Crippen LogP contribution in [0.3, 0.4) is 0 Å². The highest BCUT2D eigenvalue weighted by Gasteiger charge is 2.17. The highest BCUT2D eigenvalue weighted by Crippen LogP contribution is 2.25. The Hall–Kier alpha value is -1.15. The van der Waals surface area contributed by atoms with E-state index < -0.39 is 0 Å². The summed E-state index contributed by atoms with van der Waals surface area (Å²) in [5.74, 6) is 0.667. The van der Waals surface area contributed by atoms with E-state index >= 15 is 0 Å². The Balaban J connectivity index is 2.56. The molecule has 1 aromatic carbocycles. The highest BCUT2D eigenvalue weighted by molar-refractivity contribution is 5.96. The molecule has 1 aliphatic heterocycles. The molecule has 1 aliphatic rings. The Morgan fingerprint density at radius 3 is 2.75 bits per heavy atom. The minimum atomic E-state index is 0.183. The number of ketones is 1. The van der Waals surface area contributed by atoms with Crippen molar-refractivity contribution in [3.05, 3.63) is 34.4 Å². The lowest BCUT2D eigenvalue weighted by Crippen LogP contribution is -2.25. The molecular weight excluding hydrogens is 198 g/mol. The van der Waals surface area contributed by atoms with Gasteiger partial charge in [-0.25, -0.2) is 0 Å². The average molecular weight is 217 g/mol. The number of benzene rings is 1. The van der Waals surface area contributed by atoms with E-state index in [2.05, 4.69) is 31.3 Å². The molecule has 2 nitrogen and oxygen atoms in total. The van der Waals surface area contributed by atoms with Gasteiger partial charge in [-0.3, -0.25) is 4.79 Å². The van der Waals surface area contributed by atoms with Gasteiger partial charge in [0.1, 0.15) is 0 Å². The first-order chi connectivity index (χ1) is 7.59. The average Bonchev–Trinajstić information content (AvgIpc) is 2.27. The minimum Gasteiger partial charge on any atom is -0.312 e. The van der Waals surface area contributed by atoms with Gasteiger partial charge in [-0.2, -0.15) is 0 Å². The van der Waals surface area contributed by atoms with Gasteiger partial charge in [-0.15, -0.1) is 0 Å². The lowest BCUT2D eigenvalue weighted by atomic mass is 9.88. The molecule has 0 bridgehead atoms. The zero-order chi connectivity index (χ0) is 11.7. The van der Waals surface area contributed by atoms with Gasteiger partial charge in [0.2, 0.25) is 0 Å². The molecular formula is C14H19NO. The van der Waals surface area contributed by atoms with E-state index in [-0.39, 0.29) is 5.78 Å². The van der Waals surface area contributed by atoms with Crippen molar-refractivity contribution in [1.29, 1.82) is 0 Å². The fourth-order valence-electron chi connectivity index (χ4n) is 2.27. The number of carbonyl (C=O) groups is 1. The van der Waals surface area contributed by atoms with Crippen LogP contribution in [0.1, 0.15) is 53.7 Å². The van der Waals surface area contributed by atoms with Crippen LogP contribution in [-0.2, 0) is 13.0 Å². The van der Waals surface area contributed by atoms with Gasteiger partial charge in [0, 0.05) is 12.1 Å². The van der Waals surface area contributed by atoms with E-state index in [4.69, 9.17) is 0 Å². The molecule has 86 valence electrons. The molecule has 0 unspecified atom stereocenters. The van der Waals surface area contributed by atoms with Crippen molar-refractivity contribution in [2.24, 2.45) is 0 Å². The standard InChI is InChI=1S/C14H19NO/c1-9(2)12-6-11-4-5-15-8-14(11)13(7-12)10(3)16/h6-7,9,15H,4-5,8H2,1-3H3. The first-order valence-corrected chi connectivity index (χ1v) is 5.97. The van der Waals surface area contributed by atoms with Gasteiger partial charge < -0.3 is 5.32 Å². The summed E-state index contributed by atoms with van der Waals surface area (Å²) >= 11 is 0. The van der Waals surface area contributed by atoms with Crippen molar-refractivity contribution in [2.75, 3.05) is 6.54 Å². The van der Waals surface area contributed by atoms with E-state index in [1.165, 1.54) is 16.7 Å². The van der Waals surface area contributed by atoms with Gasteiger partial charge in [0.05, 0.1) is 0 Å². The molecule has 0 fully saturated rings. The Labute approximate surface area is 97.1 Å². The van der Waals surface area contributed by atoms with Crippen LogP contribution in [0.5, 0.6) is 0 Å². The number of hydrogen-bond acceptors (Lipinski definition) is 2. The van der Waals surface area contributed by atoms with Crippen LogP contribution in [0.2, 0.25) is 0 Å². The Morgan fingerprint density at radius 1 is 1.38 bits per heavy atom. The molecule has 1 N–H and O–H groups in total. The van der Waals surface area contributed by atoms with Gasteiger partial charge in [-0.1, -0.05) is 19.9 Å². The summed E-state index contributed by atoms with van der Waals surface area (Å²) in [5.41, 5.74) is 4.76. The second-order valence-corrected chi connectivity index (χ2v) is 4.84. The molecule has 0 saturated heterocycles. The van der Waals surface area contributed by atoms with Crippen LogP contribution in [0.15, 0.2) is 12.1 Å². The van der Waals surface area contributed by atoms with Crippen LogP contribution < -0.4 is 5.32 Å². The maximum absolute atomic E-state index is 11.7. The summed E-state index contributed by atoms with van der Waals surface area (Å²) in [7, 11) is 0. The molecule has 16 heavy (non-hydrogen) atoms. The lowest BCUT2D eigenvalue weighted by Gasteiger charge is -2.22. The molecule has 0 aliphatic carbocycles. The maximum atomic E-state index is 11.7. The molecule has 0 aromatic heterocycles. The Kier molecular flexibility index (Phi) is 3.10. The summed E-state index contributed by atoms with van der Waals surface area (Å²) in [4.78, 5) is 11.7. The summed E-state index contributed by atoms with van der Waals surface area (Å²) in [6.45, 7) is 7.86. The van der Waals surface area contributed by atoms with Crippen molar-refractivity contribution < 1.29 is 4.79 Å². The molecule has 0 amide bonds. The van der Waals surface area contributed by atoms with E-state index in [1.54, 1.807) is 6.92 Å². The van der Waals surface area contributed by atoms with Crippen LogP contribution >= 0.6 is 0 Å². The second kappa shape index (κ2) is 4.38. The fourth-order valence-corrected chi connectivity index (χ4v) is 2.27. The van der Waals surface area contributed by atoms with Crippen molar-refractivity contribution in [2.45, 2.75) is 39.7 Å². The van der Waals surface area contributed by atoms with E-state index in [0.717, 1.165) is 25.1 Å². The highest BCUT2D eigenvalue weighted by atomic mass is 16.1. The van der Waals surface area contributed by atoms with E-state index in [1.807, 2.05) is 0 Å². The summed E-state index contributed by atoms with van der Waals surface area (Å²) < 4.78 is 0. The number of nitrogens with one attached hydrogen (secondary N) is 1. The van der Waals surface area contributed by atoms with Crippen molar-refractivity contribution in [1.82, 2.24) is 5.32 Å². The molecule has 1 aromatic rings. The van der Waals surface area contributed by atoms with Crippen LogP contribution in [0.4, 0.5) is 0 Å². The quantitative estimate of drug-likeness (QED) is 0.772. The number of Topliss-reactive ketones (excluding diaryl/α,β-unsaturated/α-hetero) is 1. The van der Waals surface area contributed by atoms with E-state index in [9.17, 15) is 4.79 Å². The summed E-state index contributed by atoms with van der Waals surface area (Å²) in [5, 5.41) is 3.33. The summed E-state index contributed by atoms with van der Waals surface area (Å²) in [6, 6.07) is 4.34. The smallest absolute Gasteiger partial charge is 0.160 e. The Bertz CT molecular complexity index is 421. The van der Waals surface area contributed by atoms with Crippen molar-refractivity contribution in [3.8, 4) is 0 Å². The maximum Gasteiger partial charge on any atom is 0.160 e. The number of rotatable bonds is 2. The van der Waals surface area contributed by atoms with Crippen LogP contribution in [-0.4, -0.2) is 12.3 Å². The van der Waals surface area contributed by atoms with Gasteiger partial charge >= 0.3 is 0 Å². The third kappa shape index (κ3) is 2.03. The molecule has 0 atom stereocenters. The first-order valence-electron chi connectivity index (χ1n) is 5.97. The topological polar surface area (TPSA) is 29.1 Å². The fraction of sp³-hybridized carbons (Fsp3) is 0.500. The lowest BCUT2D eigenvalue weighted by molar-refractivity contribution is 0.101. The number of fused-ring (bicyclic) bond motifs is 1. The predicted octanol–water partition coefficient (Wildman–Crippen LogP) is 2.66. The second-order valence-electron chi connectivity index (χ2n) is 4.84. The predicted molar refractivity (Wildman–Crippen MR) is 65.9 cm³/mol. The molecule has 0 spiro atoms.